The van der Waals surface area contributed by atoms with Crippen molar-refractivity contribution in [2.45, 2.75) is 39.2 Å². The van der Waals surface area contributed by atoms with E-state index in [2.05, 4.69) is 17.6 Å². The second kappa shape index (κ2) is 9.93. The topological polar surface area (TPSA) is 50.4 Å². The molecule has 0 heterocycles. The molecule has 0 aliphatic rings. The second-order valence-electron chi connectivity index (χ2n) is 3.61. The Hall–Kier alpha value is -0.610. The van der Waals surface area contributed by atoms with Crippen LogP contribution in [0.3, 0.4) is 0 Å². The van der Waals surface area contributed by atoms with Crippen LogP contribution >= 0.6 is 0 Å². The fourth-order valence-electron chi connectivity index (χ4n) is 1.15. The number of unbranched alkanes of at least 4 members (excludes halogenated alkanes) is 1. The Morgan fingerprint density at radius 1 is 1.33 bits per heavy atom. The van der Waals surface area contributed by atoms with Crippen LogP contribution in [-0.4, -0.2) is 38.8 Å². The van der Waals surface area contributed by atoms with Gasteiger partial charge in [0, 0.05) is 20.3 Å². The van der Waals surface area contributed by atoms with E-state index < -0.39 is 0 Å². The summed E-state index contributed by atoms with van der Waals surface area (Å²) >= 11 is 0. The Balaban J connectivity index is 3.20. The van der Waals surface area contributed by atoms with Crippen LogP contribution in [0.2, 0.25) is 0 Å². The molecule has 90 valence electrons. The molecule has 0 aromatic carbocycles. The second-order valence-corrected chi connectivity index (χ2v) is 3.61. The first-order chi connectivity index (χ1) is 7.22. The molecule has 1 atom stereocenters. The number of hydrogen-bond donors (Lipinski definition) is 2. The van der Waals surface area contributed by atoms with E-state index in [1.165, 1.54) is 6.42 Å². The van der Waals surface area contributed by atoms with Gasteiger partial charge in [-0.3, -0.25) is 4.79 Å². The van der Waals surface area contributed by atoms with Gasteiger partial charge >= 0.3 is 0 Å². The number of ether oxygens (including phenoxy) is 1. The lowest BCUT2D eigenvalue weighted by Crippen LogP contribution is -2.41. The molecule has 2 N–H and O–H groups in total. The van der Waals surface area contributed by atoms with Crippen molar-refractivity contribution in [2.75, 3.05) is 26.8 Å². The number of hydrogen-bond acceptors (Lipinski definition) is 3. The highest BCUT2D eigenvalue weighted by molar-refractivity contribution is 5.80. The normalized spacial score (nSPS) is 12.5. The maximum atomic E-state index is 11.1. The number of carbonyl (C=O) groups excluding carboxylic acids is 1. The molecule has 0 spiro atoms. The van der Waals surface area contributed by atoms with Crippen molar-refractivity contribution in [2.24, 2.45) is 0 Å². The minimum absolute atomic E-state index is 0.0295. The summed E-state index contributed by atoms with van der Waals surface area (Å²) in [6.07, 6.45) is 3.25. The minimum Gasteiger partial charge on any atom is -0.381 e. The molecule has 0 aliphatic heterocycles. The first kappa shape index (κ1) is 14.4. The zero-order valence-electron chi connectivity index (χ0n) is 10.1. The van der Waals surface area contributed by atoms with E-state index in [-0.39, 0.29) is 11.9 Å². The first-order valence-electron chi connectivity index (χ1n) is 5.75. The van der Waals surface area contributed by atoms with Gasteiger partial charge in [-0.05, 0) is 26.3 Å². The Morgan fingerprint density at radius 2 is 2.00 bits per heavy atom. The van der Waals surface area contributed by atoms with Gasteiger partial charge in [0.2, 0.25) is 5.91 Å². The van der Waals surface area contributed by atoms with Crippen molar-refractivity contribution in [1.82, 2.24) is 10.6 Å². The van der Waals surface area contributed by atoms with Crippen molar-refractivity contribution in [1.29, 1.82) is 0 Å². The third-order valence-electron chi connectivity index (χ3n) is 2.20. The molecule has 0 aromatic heterocycles. The van der Waals surface area contributed by atoms with Crippen molar-refractivity contribution < 1.29 is 9.53 Å². The fourth-order valence-corrected chi connectivity index (χ4v) is 1.15. The highest BCUT2D eigenvalue weighted by Crippen LogP contribution is 1.89. The molecule has 1 unspecified atom stereocenters. The summed E-state index contributed by atoms with van der Waals surface area (Å²) < 4.78 is 5.40. The van der Waals surface area contributed by atoms with Gasteiger partial charge in [0.1, 0.15) is 0 Å². The highest BCUT2D eigenvalue weighted by Gasteiger charge is 2.08. The molecular weight excluding hydrogens is 192 g/mol. The number of amides is 1. The summed E-state index contributed by atoms with van der Waals surface area (Å²) in [5.41, 5.74) is 0. The monoisotopic (exact) mass is 216 g/mol. The molecule has 0 aromatic rings. The van der Waals surface area contributed by atoms with Crippen LogP contribution in [0.1, 0.15) is 33.1 Å². The lowest BCUT2D eigenvalue weighted by Gasteiger charge is -2.11. The van der Waals surface area contributed by atoms with Crippen LogP contribution < -0.4 is 10.6 Å². The van der Waals surface area contributed by atoms with Gasteiger partial charge in [0.15, 0.2) is 0 Å². The molecule has 0 fully saturated rings. The smallest absolute Gasteiger partial charge is 0.236 e. The molecule has 0 radical (unpaired) electrons. The molecule has 15 heavy (non-hydrogen) atoms. The molecule has 1 amide bonds. The average Bonchev–Trinajstić information content (AvgIpc) is 2.26. The van der Waals surface area contributed by atoms with Gasteiger partial charge in [-0.2, -0.15) is 0 Å². The summed E-state index contributed by atoms with van der Waals surface area (Å²) in [6.45, 7) is 6.45. The SMILES string of the molecule is CCCCOCCCNC(C)C(=O)NC. The van der Waals surface area contributed by atoms with E-state index in [0.717, 1.165) is 32.6 Å². The molecule has 0 saturated heterocycles. The van der Waals surface area contributed by atoms with E-state index in [4.69, 9.17) is 4.74 Å². The van der Waals surface area contributed by atoms with Crippen LogP contribution in [0.25, 0.3) is 0 Å². The van der Waals surface area contributed by atoms with E-state index in [0.29, 0.717) is 0 Å². The van der Waals surface area contributed by atoms with Crippen molar-refractivity contribution in [3.63, 3.8) is 0 Å². The third-order valence-corrected chi connectivity index (χ3v) is 2.20. The number of likely N-dealkylation sites (N-methyl/N-ethyl adjacent to an activating group) is 1. The largest absolute Gasteiger partial charge is 0.381 e. The molecule has 4 nitrogen and oxygen atoms in total. The first-order valence-corrected chi connectivity index (χ1v) is 5.75. The summed E-state index contributed by atoms with van der Waals surface area (Å²) in [5.74, 6) is 0.0295. The Kier molecular flexibility index (Phi) is 9.52. The van der Waals surface area contributed by atoms with Gasteiger partial charge in [0.05, 0.1) is 6.04 Å². The predicted octanol–water partition coefficient (Wildman–Crippen LogP) is 0.917. The molecule has 0 aliphatic carbocycles. The predicted molar refractivity (Wildman–Crippen MR) is 61.9 cm³/mol. The third kappa shape index (κ3) is 8.39. The Bertz CT molecular complexity index is 163. The number of nitrogens with one attached hydrogen (secondary N) is 2. The Morgan fingerprint density at radius 3 is 2.60 bits per heavy atom. The van der Waals surface area contributed by atoms with Crippen LogP contribution in [0.15, 0.2) is 0 Å². The Labute approximate surface area is 92.8 Å². The average molecular weight is 216 g/mol. The van der Waals surface area contributed by atoms with Crippen LogP contribution in [0, 0.1) is 0 Å². The van der Waals surface area contributed by atoms with Gasteiger partial charge in [-0.15, -0.1) is 0 Å². The van der Waals surface area contributed by atoms with Crippen LogP contribution in [-0.2, 0) is 9.53 Å². The molecule has 4 heteroatoms. The standard InChI is InChI=1S/C11H24N2O2/c1-4-5-8-15-9-6-7-13-10(2)11(14)12-3/h10,13H,4-9H2,1-3H3,(H,12,14). The number of carbonyl (C=O) groups is 1. The van der Waals surface area contributed by atoms with Crippen molar-refractivity contribution in [3.8, 4) is 0 Å². The fraction of sp³-hybridized carbons (Fsp3) is 0.909. The lowest BCUT2D eigenvalue weighted by atomic mass is 10.3. The van der Waals surface area contributed by atoms with Gasteiger partial charge in [0.25, 0.3) is 0 Å². The van der Waals surface area contributed by atoms with Crippen LogP contribution in [0.5, 0.6) is 0 Å². The zero-order chi connectivity index (χ0) is 11.5. The quantitative estimate of drug-likeness (QED) is 0.563. The molecular formula is C11H24N2O2. The highest BCUT2D eigenvalue weighted by atomic mass is 16.5. The zero-order valence-corrected chi connectivity index (χ0v) is 10.1. The minimum atomic E-state index is -0.120. The summed E-state index contributed by atoms with van der Waals surface area (Å²) in [7, 11) is 1.65. The van der Waals surface area contributed by atoms with E-state index in [9.17, 15) is 4.79 Å². The van der Waals surface area contributed by atoms with E-state index in [1.807, 2.05) is 6.92 Å². The summed E-state index contributed by atoms with van der Waals surface area (Å²) in [4.78, 5) is 11.1. The number of rotatable bonds is 9. The summed E-state index contributed by atoms with van der Waals surface area (Å²) in [5, 5.41) is 5.73. The van der Waals surface area contributed by atoms with Gasteiger partial charge in [-0.1, -0.05) is 13.3 Å². The maximum absolute atomic E-state index is 11.1. The molecule has 0 saturated carbocycles. The van der Waals surface area contributed by atoms with Gasteiger partial charge < -0.3 is 15.4 Å². The maximum Gasteiger partial charge on any atom is 0.236 e. The molecule has 0 rings (SSSR count). The van der Waals surface area contributed by atoms with E-state index >= 15 is 0 Å². The van der Waals surface area contributed by atoms with Crippen molar-refractivity contribution in [3.05, 3.63) is 0 Å². The lowest BCUT2D eigenvalue weighted by molar-refractivity contribution is -0.122. The van der Waals surface area contributed by atoms with Crippen molar-refractivity contribution >= 4 is 5.91 Å². The molecule has 0 bridgehead atoms. The van der Waals surface area contributed by atoms with Gasteiger partial charge in [-0.25, -0.2) is 0 Å². The van der Waals surface area contributed by atoms with E-state index in [1.54, 1.807) is 7.05 Å². The van der Waals surface area contributed by atoms with Crippen LogP contribution in [0.4, 0.5) is 0 Å². The summed E-state index contributed by atoms with van der Waals surface area (Å²) in [6, 6.07) is -0.120.